The minimum atomic E-state index is -4.02. The average Bonchev–Trinajstić information content (AvgIpc) is 2.74. The van der Waals surface area contributed by atoms with E-state index in [1.54, 1.807) is 6.20 Å². The van der Waals surface area contributed by atoms with Gasteiger partial charge in [0, 0.05) is 51.5 Å². The van der Waals surface area contributed by atoms with Gasteiger partial charge in [0.15, 0.2) is 0 Å². The van der Waals surface area contributed by atoms with E-state index in [-0.39, 0.29) is 13.1 Å². The SMILES string of the molecule is O=S(=O)(c1ccc(F)cc1F)N1CCN(c2ccnc(N3CCCCC3)n2)CC1. The summed E-state index contributed by atoms with van der Waals surface area (Å²) < 4.78 is 53.8. The number of piperidine rings is 1. The summed E-state index contributed by atoms with van der Waals surface area (Å²) in [6, 6.07) is 4.33. The summed E-state index contributed by atoms with van der Waals surface area (Å²) in [7, 11) is -4.02. The fourth-order valence-corrected chi connectivity index (χ4v) is 5.21. The van der Waals surface area contributed by atoms with Crippen molar-refractivity contribution in [2.45, 2.75) is 24.2 Å². The molecule has 1 aromatic carbocycles. The lowest BCUT2D eigenvalue weighted by Gasteiger charge is -2.35. The van der Waals surface area contributed by atoms with Crippen molar-refractivity contribution in [1.29, 1.82) is 0 Å². The summed E-state index contributed by atoms with van der Waals surface area (Å²) in [5, 5.41) is 0. The van der Waals surface area contributed by atoms with Crippen molar-refractivity contribution in [1.82, 2.24) is 14.3 Å². The van der Waals surface area contributed by atoms with Gasteiger partial charge < -0.3 is 9.80 Å². The summed E-state index contributed by atoms with van der Waals surface area (Å²) in [6.45, 7) is 3.14. The molecule has 3 heterocycles. The van der Waals surface area contributed by atoms with Gasteiger partial charge in [-0.2, -0.15) is 9.29 Å². The maximum Gasteiger partial charge on any atom is 0.246 e. The number of benzene rings is 1. The van der Waals surface area contributed by atoms with E-state index in [0.29, 0.717) is 25.1 Å². The number of anilines is 2. The molecule has 4 rings (SSSR count). The summed E-state index contributed by atoms with van der Waals surface area (Å²) in [5.41, 5.74) is 0. The highest BCUT2D eigenvalue weighted by molar-refractivity contribution is 7.89. The lowest BCUT2D eigenvalue weighted by molar-refractivity contribution is 0.381. The van der Waals surface area contributed by atoms with Crippen molar-refractivity contribution in [2.75, 3.05) is 49.1 Å². The summed E-state index contributed by atoms with van der Waals surface area (Å²) >= 11 is 0. The van der Waals surface area contributed by atoms with Crippen LogP contribution in [-0.2, 0) is 10.0 Å². The molecular formula is C19H23F2N5O2S. The van der Waals surface area contributed by atoms with Crippen LogP contribution in [0.1, 0.15) is 19.3 Å². The molecule has 0 bridgehead atoms. The Kier molecular flexibility index (Phi) is 5.64. The molecule has 2 saturated heterocycles. The Hall–Kier alpha value is -2.33. The fourth-order valence-electron chi connectivity index (χ4n) is 3.74. The smallest absolute Gasteiger partial charge is 0.246 e. The predicted molar refractivity (Wildman–Crippen MR) is 105 cm³/mol. The molecule has 0 unspecified atom stereocenters. The second-order valence-corrected chi connectivity index (χ2v) is 9.13. The third kappa shape index (κ3) is 4.18. The summed E-state index contributed by atoms with van der Waals surface area (Å²) in [5.74, 6) is -0.426. The molecule has 2 aliphatic rings. The van der Waals surface area contributed by atoms with E-state index >= 15 is 0 Å². The standard InChI is InChI=1S/C19H23F2N5O2S/c20-15-4-5-17(16(21)14-15)29(27,28)26-12-10-24(11-13-26)18-6-7-22-19(23-18)25-8-2-1-3-9-25/h4-7,14H,1-3,8-13H2. The zero-order valence-electron chi connectivity index (χ0n) is 16.0. The molecule has 0 aliphatic carbocycles. The molecular weight excluding hydrogens is 400 g/mol. The summed E-state index contributed by atoms with van der Waals surface area (Å²) in [4.78, 5) is 12.7. The average molecular weight is 423 g/mol. The molecule has 2 fully saturated rings. The van der Waals surface area contributed by atoms with Crippen LogP contribution in [0.4, 0.5) is 20.5 Å². The van der Waals surface area contributed by atoms with E-state index in [1.807, 2.05) is 11.0 Å². The van der Waals surface area contributed by atoms with Crippen molar-refractivity contribution in [3.8, 4) is 0 Å². The van der Waals surface area contributed by atoms with E-state index in [0.717, 1.165) is 43.9 Å². The lowest BCUT2D eigenvalue weighted by Crippen LogP contribution is -2.49. The van der Waals surface area contributed by atoms with Crippen LogP contribution >= 0.6 is 0 Å². The first-order valence-electron chi connectivity index (χ1n) is 9.73. The Labute approximate surface area is 169 Å². The molecule has 0 amide bonds. The number of aromatic nitrogens is 2. The number of nitrogens with zero attached hydrogens (tertiary/aromatic N) is 5. The molecule has 7 nitrogen and oxygen atoms in total. The van der Waals surface area contributed by atoms with Crippen molar-refractivity contribution < 1.29 is 17.2 Å². The highest BCUT2D eigenvalue weighted by Gasteiger charge is 2.31. The lowest BCUT2D eigenvalue weighted by atomic mass is 10.1. The number of halogens is 2. The third-order valence-corrected chi connectivity index (χ3v) is 7.27. The van der Waals surface area contributed by atoms with E-state index in [2.05, 4.69) is 14.9 Å². The van der Waals surface area contributed by atoms with Crippen LogP contribution in [0.2, 0.25) is 0 Å². The minimum absolute atomic E-state index is 0.197. The highest BCUT2D eigenvalue weighted by Crippen LogP contribution is 2.24. The van der Waals surface area contributed by atoms with Crippen molar-refractivity contribution in [3.63, 3.8) is 0 Å². The Morgan fingerprint density at radius 2 is 1.59 bits per heavy atom. The van der Waals surface area contributed by atoms with Crippen LogP contribution in [-0.4, -0.2) is 62.0 Å². The van der Waals surface area contributed by atoms with Gasteiger partial charge in [-0.3, -0.25) is 0 Å². The zero-order valence-corrected chi connectivity index (χ0v) is 16.8. The van der Waals surface area contributed by atoms with Gasteiger partial charge in [-0.15, -0.1) is 0 Å². The number of sulfonamides is 1. The van der Waals surface area contributed by atoms with Gasteiger partial charge in [0.2, 0.25) is 16.0 Å². The van der Waals surface area contributed by atoms with Gasteiger partial charge >= 0.3 is 0 Å². The van der Waals surface area contributed by atoms with E-state index in [4.69, 9.17) is 0 Å². The van der Waals surface area contributed by atoms with Crippen LogP contribution in [0.5, 0.6) is 0 Å². The number of hydrogen-bond acceptors (Lipinski definition) is 6. The molecule has 1 aromatic heterocycles. The van der Waals surface area contributed by atoms with Gasteiger partial charge in [-0.05, 0) is 37.5 Å². The largest absolute Gasteiger partial charge is 0.354 e. The van der Waals surface area contributed by atoms with Crippen LogP contribution in [0.15, 0.2) is 35.4 Å². The molecule has 156 valence electrons. The summed E-state index contributed by atoms with van der Waals surface area (Å²) in [6.07, 6.45) is 5.21. The topological polar surface area (TPSA) is 69.6 Å². The quantitative estimate of drug-likeness (QED) is 0.752. The molecule has 0 atom stereocenters. The number of piperazine rings is 1. The van der Waals surface area contributed by atoms with Crippen LogP contribution in [0, 0.1) is 11.6 Å². The third-order valence-electron chi connectivity index (χ3n) is 5.34. The maximum absolute atomic E-state index is 14.0. The Balaban J connectivity index is 1.45. The van der Waals surface area contributed by atoms with Gasteiger partial charge in [0.1, 0.15) is 22.3 Å². The monoisotopic (exact) mass is 423 g/mol. The normalized spacial score (nSPS) is 18.8. The molecule has 0 saturated carbocycles. The maximum atomic E-state index is 14.0. The van der Waals surface area contributed by atoms with Gasteiger partial charge in [0.05, 0.1) is 0 Å². The highest BCUT2D eigenvalue weighted by atomic mass is 32.2. The molecule has 0 spiro atoms. The molecule has 2 aromatic rings. The minimum Gasteiger partial charge on any atom is -0.354 e. The Bertz CT molecular complexity index is 974. The first-order chi connectivity index (χ1) is 13.9. The Morgan fingerprint density at radius 1 is 0.862 bits per heavy atom. The van der Waals surface area contributed by atoms with Crippen LogP contribution < -0.4 is 9.80 Å². The fraction of sp³-hybridized carbons (Fsp3) is 0.474. The van der Waals surface area contributed by atoms with Crippen LogP contribution in [0.25, 0.3) is 0 Å². The molecule has 2 aliphatic heterocycles. The Morgan fingerprint density at radius 3 is 2.28 bits per heavy atom. The van der Waals surface area contributed by atoms with Crippen LogP contribution in [0.3, 0.4) is 0 Å². The predicted octanol–water partition coefficient (Wildman–Crippen LogP) is 2.26. The molecule has 29 heavy (non-hydrogen) atoms. The zero-order chi connectivity index (χ0) is 20.4. The second-order valence-electron chi connectivity index (χ2n) is 7.23. The number of hydrogen-bond donors (Lipinski definition) is 0. The van der Waals surface area contributed by atoms with Gasteiger partial charge in [-0.25, -0.2) is 22.2 Å². The molecule has 10 heteroatoms. The van der Waals surface area contributed by atoms with Crippen molar-refractivity contribution in [3.05, 3.63) is 42.1 Å². The van der Waals surface area contributed by atoms with E-state index < -0.39 is 26.6 Å². The first kappa shape index (κ1) is 20.0. The van der Waals surface area contributed by atoms with Crippen molar-refractivity contribution in [2.24, 2.45) is 0 Å². The van der Waals surface area contributed by atoms with E-state index in [1.165, 1.54) is 10.7 Å². The second kappa shape index (κ2) is 8.19. The van der Waals surface area contributed by atoms with Gasteiger partial charge in [-0.1, -0.05) is 0 Å². The number of rotatable bonds is 4. The van der Waals surface area contributed by atoms with Gasteiger partial charge in [0.25, 0.3) is 0 Å². The molecule has 0 N–H and O–H groups in total. The van der Waals surface area contributed by atoms with E-state index in [9.17, 15) is 17.2 Å². The van der Waals surface area contributed by atoms with Crippen molar-refractivity contribution >= 4 is 21.8 Å². The molecule has 0 radical (unpaired) electrons. The first-order valence-corrected chi connectivity index (χ1v) is 11.2.